The minimum absolute atomic E-state index is 1.24. The summed E-state index contributed by atoms with van der Waals surface area (Å²) in [6.07, 6.45) is 8.25. The highest BCUT2D eigenvalue weighted by Crippen LogP contribution is 2.15. The molecular weight excluding hydrogens is 132 g/mol. The molecule has 0 aliphatic heterocycles. The molecule has 0 radical (unpaired) electrons. The lowest BCUT2D eigenvalue weighted by molar-refractivity contribution is 0.790. The van der Waals surface area contributed by atoms with Crippen molar-refractivity contribution in [3.8, 4) is 0 Å². The number of allylic oxidation sites excluding steroid dienone is 4. The second kappa shape index (κ2) is 6.21. The molecule has 0 fully saturated rings. The summed E-state index contributed by atoms with van der Waals surface area (Å²) in [6.45, 7) is 8.64. The molecule has 0 aliphatic rings. The van der Waals surface area contributed by atoms with Crippen LogP contribution in [0.1, 0.15) is 47.0 Å². The van der Waals surface area contributed by atoms with Crippen LogP contribution in [0.25, 0.3) is 0 Å². The zero-order chi connectivity index (χ0) is 8.69. The quantitative estimate of drug-likeness (QED) is 0.532. The monoisotopic (exact) mass is 152 g/mol. The molecule has 0 rings (SSSR count). The second-order valence-electron chi connectivity index (χ2n) is 2.89. The van der Waals surface area contributed by atoms with Crippen molar-refractivity contribution in [2.45, 2.75) is 47.0 Å². The SMILES string of the molecule is C/C=C(C)\C(=C/C)CCCC. The Morgan fingerprint density at radius 1 is 1.18 bits per heavy atom. The van der Waals surface area contributed by atoms with E-state index < -0.39 is 0 Å². The van der Waals surface area contributed by atoms with Crippen molar-refractivity contribution in [2.75, 3.05) is 0 Å². The van der Waals surface area contributed by atoms with E-state index in [0.29, 0.717) is 0 Å². The van der Waals surface area contributed by atoms with Crippen molar-refractivity contribution in [3.05, 3.63) is 23.3 Å². The largest absolute Gasteiger partial charge is 0.0845 e. The van der Waals surface area contributed by atoms with Crippen molar-refractivity contribution in [1.82, 2.24) is 0 Å². The molecule has 0 aromatic carbocycles. The molecule has 0 aliphatic carbocycles. The summed E-state index contributed by atoms with van der Waals surface area (Å²) in [6, 6.07) is 0. The van der Waals surface area contributed by atoms with Gasteiger partial charge < -0.3 is 0 Å². The molecule has 0 unspecified atom stereocenters. The first-order chi connectivity index (χ1) is 5.26. The predicted octanol–water partition coefficient (Wildman–Crippen LogP) is 4.09. The Kier molecular flexibility index (Phi) is 5.91. The number of unbranched alkanes of at least 4 members (excludes halogenated alkanes) is 1. The van der Waals surface area contributed by atoms with Gasteiger partial charge in [-0.3, -0.25) is 0 Å². The first-order valence-electron chi connectivity index (χ1n) is 4.54. The van der Waals surface area contributed by atoms with Gasteiger partial charge in [-0.05, 0) is 39.2 Å². The van der Waals surface area contributed by atoms with Crippen molar-refractivity contribution >= 4 is 0 Å². The van der Waals surface area contributed by atoms with Crippen LogP contribution in [0, 0.1) is 0 Å². The fourth-order valence-corrected chi connectivity index (χ4v) is 1.12. The third-order valence-electron chi connectivity index (χ3n) is 2.09. The summed E-state index contributed by atoms with van der Waals surface area (Å²) in [5.41, 5.74) is 2.94. The van der Waals surface area contributed by atoms with E-state index in [2.05, 4.69) is 39.8 Å². The maximum absolute atomic E-state index is 2.23. The summed E-state index contributed by atoms with van der Waals surface area (Å²) in [7, 11) is 0. The molecule has 11 heavy (non-hydrogen) atoms. The average Bonchev–Trinajstić information content (AvgIpc) is 2.05. The minimum Gasteiger partial charge on any atom is -0.0845 e. The molecule has 0 amide bonds. The van der Waals surface area contributed by atoms with Crippen LogP contribution in [0.5, 0.6) is 0 Å². The van der Waals surface area contributed by atoms with Crippen molar-refractivity contribution < 1.29 is 0 Å². The molecule has 0 saturated carbocycles. The topological polar surface area (TPSA) is 0 Å². The van der Waals surface area contributed by atoms with E-state index in [4.69, 9.17) is 0 Å². The van der Waals surface area contributed by atoms with Crippen molar-refractivity contribution in [3.63, 3.8) is 0 Å². The molecule has 0 saturated heterocycles. The van der Waals surface area contributed by atoms with E-state index >= 15 is 0 Å². The fourth-order valence-electron chi connectivity index (χ4n) is 1.12. The van der Waals surface area contributed by atoms with Gasteiger partial charge in [-0.25, -0.2) is 0 Å². The first kappa shape index (κ1) is 10.5. The molecule has 0 atom stereocenters. The van der Waals surface area contributed by atoms with Crippen LogP contribution in [0.4, 0.5) is 0 Å². The predicted molar refractivity (Wildman–Crippen MR) is 52.7 cm³/mol. The van der Waals surface area contributed by atoms with Crippen molar-refractivity contribution in [2.24, 2.45) is 0 Å². The van der Waals surface area contributed by atoms with Crippen LogP contribution in [-0.2, 0) is 0 Å². The third kappa shape index (κ3) is 4.02. The van der Waals surface area contributed by atoms with E-state index in [-0.39, 0.29) is 0 Å². The molecule has 0 N–H and O–H groups in total. The summed E-state index contributed by atoms with van der Waals surface area (Å²) in [5, 5.41) is 0. The zero-order valence-electron chi connectivity index (χ0n) is 8.28. The fraction of sp³-hybridized carbons (Fsp3) is 0.636. The van der Waals surface area contributed by atoms with E-state index in [1.165, 1.54) is 30.4 Å². The summed E-state index contributed by atoms with van der Waals surface area (Å²) >= 11 is 0. The molecule has 64 valence electrons. The molecule has 0 heteroatoms. The van der Waals surface area contributed by atoms with Gasteiger partial charge in [0.25, 0.3) is 0 Å². The molecule has 0 spiro atoms. The van der Waals surface area contributed by atoms with Crippen LogP contribution in [0.15, 0.2) is 23.3 Å². The van der Waals surface area contributed by atoms with Gasteiger partial charge in [0.1, 0.15) is 0 Å². The van der Waals surface area contributed by atoms with Crippen LogP contribution in [0.3, 0.4) is 0 Å². The normalized spacial score (nSPS) is 13.8. The maximum Gasteiger partial charge on any atom is -0.0280 e. The van der Waals surface area contributed by atoms with E-state index in [1.54, 1.807) is 0 Å². The Bertz CT molecular complexity index is 149. The molecule has 0 heterocycles. The Labute approximate surface area is 71.0 Å². The lowest BCUT2D eigenvalue weighted by atomic mass is 10.0. The first-order valence-corrected chi connectivity index (χ1v) is 4.54. The van der Waals surface area contributed by atoms with Gasteiger partial charge in [-0.2, -0.15) is 0 Å². The standard InChI is InChI=1S/C11H20/c1-5-8-9-11(7-3)10(4)6-2/h6-7H,5,8-9H2,1-4H3/b10-6-,11-7-. The van der Waals surface area contributed by atoms with E-state index in [1.807, 2.05) is 0 Å². The van der Waals surface area contributed by atoms with Crippen LogP contribution in [0.2, 0.25) is 0 Å². The van der Waals surface area contributed by atoms with Crippen LogP contribution < -0.4 is 0 Å². The average molecular weight is 152 g/mol. The van der Waals surface area contributed by atoms with Gasteiger partial charge in [0.05, 0.1) is 0 Å². The second-order valence-corrected chi connectivity index (χ2v) is 2.89. The van der Waals surface area contributed by atoms with Crippen LogP contribution >= 0.6 is 0 Å². The zero-order valence-corrected chi connectivity index (χ0v) is 8.28. The third-order valence-corrected chi connectivity index (χ3v) is 2.09. The van der Waals surface area contributed by atoms with Gasteiger partial charge in [0.15, 0.2) is 0 Å². The van der Waals surface area contributed by atoms with Gasteiger partial charge in [-0.1, -0.05) is 31.1 Å². The highest BCUT2D eigenvalue weighted by molar-refractivity contribution is 5.27. The molecule has 0 bridgehead atoms. The smallest absolute Gasteiger partial charge is 0.0280 e. The number of hydrogen-bond acceptors (Lipinski definition) is 0. The maximum atomic E-state index is 2.23. The van der Waals surface area contributed by atoms with Gasteiger partial charge in [-0.15, -0.1) is 0 Å². The molecule has 0 aromatic rings. The van der Waals surface area contributed by atoms with Gasteiger partial charge in [0.2, 0.25) is 0 Å². The summed E-state index contributed by atoms with van der Waals surface area (Å²) in [5.74, 6) is 0. The highest BCUT2D eigenvalue weighted by atomic mass is 14.0. The lowest BCUT2D eigenvalue weighted by Gasteiger charge is -2.05. The molecular formula is C11H20. The Morgan fingerprint density at radius 2 is 1.82 bits per heavy atom. The summed E-state index contributed by atoms with van der Waals surface area (Å²) < 4.78 is 0. The van der Waals surface area contributed by atoms with Crippen LogP contribution in [-0.4, -0.2) is 0 Å². The Balaban J connectivity index is 3.98. The lowest BCUT2D eigenvalue weighted by Crippen LogP contribution is -1.85. The van der Waals surface area contributed by atoms with Gasteiger partial charge in [0, 0.05) is 0 Å². The van der Waals surface area contributed by atoms with E-state index in [0.717, 1.165) is 0 Å². The van der Waals surface area contributed by atoms with Crippen molar-refractivity contribution in [1.29, 1.82) is 0 Å². The molecule has 0 aromatic heterocycles. The highest BCUT2D eigenvalue weighted by Gasteiger charge is 1.95. The van der Waals surface area contributed by atoms with E-state index in [9.17, 15) is 0 Å². The number of hydrogen-bond donors (Lipinski definition) is 0. The minimum atomic E-state index is 1.24. The Morgan fingerprint density at radius 3 is 2.18 bits per heavy atom. The summed E-state index contributed by atoms with van der Waals surface area (Å²) in [4.78, 5) is 0. The van der Waals surface area contributed by atoms with Gasteiger partial charge >= 0.3 is 0 Å². The number of rotatable bonds is 4. The Hall–Kier alpha value is -0.520. The molecule has 0 nitrogen and oxygen atoms in total.